The van der Waals surface area contributed by atoms with Gasteiger partial charge in [-0.05, 0) is 58.8 Å². The lowest BCUT2D eigenvalue weighted by atomic mass is 9.97. The SMILES string of the molecule is Cc1noc(C2CCN(CC(=O)Nc3c(C)nn(-c4ccccc4)c3C)CC2)n1. The zero-order valence-corrected chi connectivity index (χ0v) is 17.1. The minimum absolute atomic E-state index is 0.0177. The van der Waals surface area contributed by atoms with Gasteiger partial charge in [-0.2, -0.15) is 10.1 Å². The molecule has 1 N–H and O–H groups in total. The molecule has 1 fully saturated rings. The number of rotatable bonds is 5. The molecule has 3 heterocycles. The van der Waals surface area contributed by atoms with Crippen LogP contribution in [0.2, 0.25) is 0 Å². The van der Waals surface area contributed by atoms with Crippen molar-refractivity contribution in [1.29, 1.82) is 0 Å². The fraction of sp³-hybridized carbons (Fsp3) is 0.429. The molecule has 1 saturated heterocycles. The van der Waals surface area contributed by atoms with Crippen LogP contribution in [0.5, 0.6) is 0 Å². The smallest absolute Gasteiger partial charge is 0.238 e. The maximum absolute atomic E-state index is 12.7. The second-order valence-corrected chi connectivity index (χ2v) is 7.57. The number of carbonyl (C=O) groups excluding carboxylic acids is 1. The number of benzene rings is 1. The van der Waals surface area contributed by atoms with Gasteiger partial charge in [-0.25, -0.2) is 4.68 Å². The van der Waals surface area contributed by atoms with E-state index in [0.717, 1.165) is 48.7 Å². The molecule has 152 valence electrons. The lowest BCUT2D eigenvalue weighted by Crippen LogP contribution is -2.38. The van der Waals surface area contributed by atoms with Crippen molar-refractivity contribution >= 4 is 11.6 Å². The second kappa shape index (κ2) is 8.16. The van der Waals surface area contributed by atoms with E-state index in [1.54, 1.807) is 0 Å². The fourth-order valence-electron chi connectivity index (χ4n) is 3.84. The van der Waals surface area contributed by atoms with E-state index in [0.29, 0.717) is 18.3 Å². The van der Waals surface area contributed by atoms with Gasteiger partial charge in [0, 0.05) is 5.92 Å². The van der Waals surface area contributed by atoms with Crippen LogP contribution in [0.4, 0.5) is 5.69 Å². The van der Waals surface area contributed by atoms with Crippen LogP contribution < -0.4 is 5.32 Å². The average molecular weight is 394 g/mol. The molecule has 0 spiro atoms. The van der Waals surface area contributed by atoms with Gasteiger partial charge >= 0.3 is 0 Å². The second-order valence-electron chi connectivity index (χ2n) is 7.57. The quantitative estimate of drug-likeness (QED) is 0.716. The highest BCUT2D eigenvalue weighted by molar-refractivity contribution is 5.93. The van der Waals surface area contributed by atoms with E-state index in [4.69, 9.17) is 4.52 Å². The van der Waals surface area contributed by atoms with Crippen LogP contribution in [0.25, 0.3) is 5.69 Å². The number of hydrogen-bond acceptors (Lipinski definition) is 6. The predicted octanol–water partition coefficient (Wildman–Crippen LogP) is 3.00. The Morgan fingerprint density at radius 2 is 1.90 bits per heavy atom. The van der Waals surface area contributed by atoms with Crippen molar-refractivity contribution < 1.29 is 9.32 Å². The molecule has 1 aliphatic heterocycles. The van der Waals surface area contributed by atoms with Gasteiger partial charge in [0.1, 0.15) is 0 Å². The van der Waals surface area contributed by atoms with Crippen LogP contribution >= 0.6 is 0 Å². The molecule has 3 aromatic rings. The Kier molecular flexibility index (Phi) is 5.44. The zero-order valence-electron chi connectivity index (χ0n) is 17.1. The molecule has 2 aromatic heterocycles. The number of aromatic nitrogens is 4. The number of likely N-dealkylation sites (tertiary alicyclic amines) is 1. The summed E-state index contributed by atoms with van der Waals surface area (Å²) in [6.07, 6.45) is 1.83. The average Bonchev–Trinajstić information content (AvgIpc) is 3.28. The summed E-state index contributed by atoms with van der Waals surface area (Å²) in [4.78, 5) is 19.2. The Morgan fingerprint density at radius 1 is 1.17 bits per heavy atom. The molecular formula is C21H26N6O2. The maximum atomic E-state index is 12.7. The van der Waals surface area contributed by atoms with E-state index in [9.17, 15) is 4.79 Å². The van der Waals surface area contributed by atoms with Crippen molar-refractivity contribution in [1.82, 2.24) is 24.8 Å². The molecule has 1 aromatic carbocycles. The minimum Gasteiger partial charge on any atom is -0.339 e. The molecule has 1 amide bonds. The maximum Gasteiger partial charge on any atom is 0.238 e. The normalized spacial score (nSPS) is 15.6. The monoisotopic (exact) mass is 394 g/mol. The Hall–Kier alpha value is -3.00. The summed E-state index contributed by atoms with van der Waals surface area (Å²) >= 11 is 0. The third-order valence-corrected chi connectivity index (χ3v) is 5.40. The van der Waals surface area contributed by atoms with Gasteiger partial charge in [0.05, 0.1) is 29.3 Å². The topological polar surface area (TPSA) is 89.1 Å². The van der Waals surface area contributed by atoms with E-state index in [1.807, 2.05) is 55.8 Å². The summed E-state index contributed by atoms with van der Waals surface area (Å²) in [5.41, 5.74) is 3.50. The highest BCUT2D eigenvalue weighted by Gasteiger charge is 2.26. The summed E-state index contributed by atoms with van der Waals surface area (Å²) in [6, 6.07) is 9.92. The molecule has 0 unspecified atom stereocenters. The highest BCUT2D eigenvalue weighted by Crippen LogP contribution is 2.27. The molecule has 8 nitrogen and oxygen atoms in total. The number of anilines is 1. The number of amides is 1. The zero-order chi connectivity index (χ0) is 20.4. The Balaban J connectivity index is 1.35. The Bertz CT molecular complexity index is 986. The molecule has 0 saturated carbocycles. The van der Waals surface area contributed by atoms with Crippen LogP contribution in [0, 0.1) is 20.8 Å². The third-order valence-electron chi connectivity index (χ3n) is 5.40. The Labute approximate surface area is 169 Å². The molecule has 4 rings (SSSR count). The predicted molar refractivity (Wildman–Crippen MR) is 109 cm³/mol. The first-order valence-electron chi connectivity index (χ1n) is 9.95. The molecular weight excluding hydrogens is 368 g/mol. The van der Waals surface area contributed by atoms with Crippen molar-refractivity contribution in [2.75, 3.05) is 25.0 Å². The summed E-state index contributed by atoms with van der Waals surface area (Å²) in [5.74, 6) is 1.65. The number of carbonyl (C=O) groups is 1. The molecule has 8 heteroatoms. The number of piperidine rings is 1. The standard InChI is InChI=1S/C21H26N6O2/c1-14-20(15(2)27(24-14)18-7-5-4-6-8-18)23-19(28)13-26-11-9-17(10-12-26)21-22-16(3)25-29-21/h4-8,17H,9-13H2,1-3H3,(H,23,28). The van der Waals surface area contributed by atoms with Crippen molar-refractivity contribution in [2.24, 2.45) is 0 Å². The van der Waals surface area contributed by atoms with Crippen molar-refractivity contribution in [2.45, 2.75) is 39.5 Å². The first-order valence-corrected chi connectivity index (χ1v) is 9.95. The number of para-hydroxylation sites is 1. The van der Waals surface area contributed by atoms with E-state index < -0.39 is 0 Å². The van der Waals surface area contributed by atoms with Gasteiger partial charge < -0.3 is 9.84 Å². The highest BCUT2D eigenvalue weighted by atomic mass is 16.5. The lowest BCUT2D eigenvalue weighted by Gasteiger charge is -2.29. The number of nitrogens with zero attached hydrogens (tertiary/aromatic N) is 5. The first-order chi connectivity index (χ1) is 14.0. The van der Waals surface area contributed by atoms with Crippen molar-refractivity contribution in [3.63, 3.8) is 0 Å². The van der Waals surface area contributed by atoms with E-state index in [1.165, 1.54) is 0 Å². The van der Waals surface area contributed by atoms with E-state index in [-0.39, 0.29) is 11.8 Å². The van der Waals surface area contributed by atoms with Gasteiger partial charge in [0.2, 0.25) is 11.8 Å². The summed E-state index contributed by atoms with van der Waals surface area (Å²) < 4.78 is 7.16. The molecule has 0 bridgehead atoms. The molecule has 29 heavy (non-hydrogen) atoms. The van der Waals surface area contributed by atoms with Gasteiger partial charge in [-0.1, -0.05) is 23.4 Å². The van der Waals surface area contributed by atoms with Crippen molar-refractivity contribution in [3.05, 3.63) is 53.4 Å². The van der Waals surface area contributed by atoms with Crippen molar-refractivity contribution in [3.8, 4) is 5.69 Å². The van der Waals surface area contributed by atoms with Crippen LogP contribution in [0.1, 0.15) is 41.9 Å². The molecule has 0 atom stereocenters. The van der Waals surface area contributed by atoms with E-state index in [2.05, 4.69) is 25.5 Å². The summed E-state index contributed by atoms with van der Waals surface area (Å²) in [7, 11) is 0. The van der Waals surface area contributed by atoms with Crippen LogP contribution in [-0.4, -0.2) is 50.4 Å². The fourth-order valence-corrected chi connectivity index (χ4v) is 3.84. The van der Waals surface area contributed by atoms with Gasteiger partial charge in [0.25, 0.3) is 0 Å². The summed E-state index contributed by atoms with van der Waals surface area (Å²) in [6.45, 7) is 7.75. The van der Waals surface area contributed by atoms with Crippen LogP contribution in [-0.2, 0) is 4.79 Å². The molecule has 0 aliphatic carbocycles. The largest absolute Gasteiger partial charge is 0.339 e. The third kappa shape index (κ3) is 4.22. The lowest BCUT2D eigenvalue weighted by molar-refractivity contribution is -0.117. The van der Waals surface area contributed by atoms with Crippen LogP contribution in [0.3, 0.4) is 0 Å². The molecule has 0 radical (unpaired) electrons. The summed E-state index contributed by atoms with van der Waals surface area (Å²) in [5, 5.41) is 11.5. The minimum atomic E-state index is -0.0177. The number of hydrogen-bond donors (Lipinski definition) is 1. The molecule has 1 aliphatic rings. The van der Waals surface area contributed by atoms with Gasteiger partial charge in [-0.3, -0.25) is 9.69 Å². The van der Waals surface area contributed by atoms with Gasteiger partial charge in [-0.15, -0.1) is 0 Å². The van der Waals surface area contributed by atoms with E-state index >= 15 is 0 Å². The number of aryl methyl sites for hydroxylation is 2. The Morgan fingerprint density at radius 3 is 2.55 bits per heavy atom. The van der Waals surface area contributed by atoms with Gasteiger partial charge in [0.15, 0.2) is 5.82 Å². The first kappa shape index (κ1) is 19.3. The number of nitrogens with one attached hydrogen (secondary N) is 1. The van der Waals surface area contributed by atoms with Crippen LogP contribution in [0.15, 0.2) is 34.9 Å².